The van der Waals surface area contributed by atoms with Crippen molar-refractivity contribution in [3.8, 4) is 0 Å². The van der Waals surface area contributed by atoms with Gasteiger partial charge in [-0.25, -0.2) is 4.98 Å². The molecule has 0 bridgehead atoms. The van der Waals surface area contributed by atoms with Crippen LogP contribution in [0.1, 0.15) is 48.7 Å². The van der Waals surface area contributed by atoms with Crippen LogP contribution in [0.15, 0.2) is 23.8 Å². The first-order valence-electron chi connectivity index (χ1n) is 5.94. The van der Waals surface area contributed by atoms with E-state index in [0.29, 0.717) is 5.69 Å². The topological polar surface area (TPSA) is 46.0 Å². The molecule has 1 unspecified atom stereocenters. The van der Waals surface area contributed by atoms with Crippen LogP contribution < -0.4 is 0 Å². The number of aromatic nitrogens is 2. The van der Waals surface area contributed by atoms with Crippen molar-refractivity contribution in [1.29, 1.82) is 0 Å². The van der Waals surface area contributed by atoms with Crippen LogP contribution in [-0.2, 0) is 5.41 Å². The molecule has 0 radical (unpaired) electrons. The van der Waals surface area contributed by atoms with Gasteiger partial charge in [-0.1, -0.05) is 20.8 Å². The van der Waals surface area contributed by atoms with Gasteiger partial charge in [0.2, 0.25) is 0 Å². The van der Waals surface area contributed by atoms with E-state index in [1.807, 2.05) is 18.4 Å². The number of hydrogen-bond acceptors (Lipinski definition) is 4. The van der Waals surface area contributed by atoms with Gasteiger partial charge in [0, 0.05) is 28.8 Å². The van der Waals surface area contributed by atoms with E-state index >= 15 is 0 Å². The van der Waals surface area contributed by atoms with E-state index in [1.54, 1.807) is 23.7 Å². The Labute approximate surface area is 112 Å². The number of nitrogens with zero attached hydrogens (tertiary/aromatic N) is 2. The van der Waals surface area contributed by atoms with Crippen LogP contribution in [-0.4, -0.2) is 15.1 Å². The van der Waals surface area contributed by atoms with Gasteiger partial charge in [0.1, 0.15) is 6.10 Å². The van der Waals surface area contributed by atoms with Crippen molar-refractivity contribution in [1.82, 2.24) is 9.97 Å². The zero-order valence-electron chi connectivity index (χ0n) is 11.1. The molecule has 2 aromatic heterocycles. The molecular weight excluding hydrogens is 244 g/mol. The van der Waals surface area contributed by atoms with Crippen LogP contribution in [0.3, 0.4) is 0 Å². The smallest absolute Gasteiger partial charge is 0.124 e. The van der Waals surface area contributed by atoms with Gasteiger partial charge in [-0.05, 0) is 18.6 Å². The summed E-state index contributed by atoms with van der Waals surface area (Å²) in [6.45, 7) is 8.34. The standard InChI is InChI=1S/C14H18N2OS/c1-9-5-6-15-7-10(9)12(17)11-8-18-13(16-11)14(2,3)4/h5-8,12,17H,1-4H3. The average molecular weight is 262 g/mol. The lowest BCUT2D eigenvalue weighted by Gasteiger charge is -2.14. The zero-order chi connectivity index (χ0) is 13.3. The highest BCUT2D eigenvalue weighted by atomic mass is 32.1. The summed E-state index contributed by atoms with van der Waals surface area (Å²) < 4.78 is 0. The van der Waals surface area contributed by atoms with Gasteiger partial charge in [0.05, 0.1) is 10.7 Å². The fourth-order valence-corrected chi connectivity index (χ4v) is 2.60. The van der Waals surface area contributed by atoms with E-state index in [9.17, 15) is 5.11 Å². The molecule has 2 heterocycles. The molecule has 2 aromatic rings. The molecule has 0 aliphatic carbocycles. The summed E-state index contributed by atoms with van der Waals surface area (Å²) >= 11 is 1.59. The molecule has 0 amide bonds. The van der Waals surface area contributed by atoms with E-state index in [-0.39, 0.29) is 5.41 Å². The van der Waals surface area contributed by atoms with Crippen molar-refractivity contribution >= 4 is 11.3 Å². The van der Waals surface area contributed by atoms with Gasteiger partial charge >= 0.3 is 0 Å². The first kappa shape index (κ1) is 13.2. The maximum Gasteiger partial charge on any atom is 0.124 e. The quantitative estimate of drug-likeness (QED) is 0.904. The van der Waals surface area contributed by atoms with Gasteiger partial charge in [0.15, 0.2) is 0 Å². The maximum atomic E-state index is 10.4. The number of aliphatic hydroxyl groups is 1. The van der Waals surface area contributed by atoms with Crippen molar-refractivity contribution in [2.75, 3.05) is 0 Å². The molecule has 4 heteroatoms. The second kappa shape index (κ2) is 4.78. The Balaban J connectivity index is 2.33. The Bertz CT molecular complexity index is 543. The predicted octanol–water partition coefficient (Wildman–Crippen LogP) is 3.23. The largest absolute Gasteiger partial charge is 0.382 e. The minimum Gasteiger partial charge on any atom is -0.382 e. The zero-order valence-corrected chi connectivity index (χ0v) is 12.0. The second-order valence-electron chi connectivity index (χ2n) is 5.46. The molecule has 1 N–H and O–H groups in total. The second-order valence-corrected chi connectivity index (χ2v) is 6.32. The Morgan fingerprint density at radius 3 is 2.61 bits per heavy atom. The number of pyridine rings is 1. The minimum atomic E-state index is -0.689. The Morgan fingerprint density at radius 2 is 2.06 bits per heavy atom. The molecule has 0 saturated carbocycles. The lowest BCUT2D eigenvalue weighted by atomic mass is 9.98. The molecule has 0 aromatic carbocycles. The molecule has 0 aliphatic heterocycles. The van der Waals surface area contributed by atoms with Gasteiger partial charge in [0.25, 0.3) is 0 Å². The molecule has 1 atom stereocenters. The van der Waals surface area contributed by atoms with E-state index in [1.165, 1.54) is 0 Å². The summed E-state index contributed by atoms with van der Waals surface area (Å²) in [6.07, 6.45) is 2.74. The first-order valence-corrected chi connectivity index (χ1v) is 6.82. The van der Waals surface area contributed by atoms with Crippen LogP contribution in [0, 0.1) is 6.92 Å². The van der Waals surface area contributed by atoms with Crippen molar-refractivity contribution in [2.24, 2.45) is 0 Å². The molecule has 96 valence electrons. The van der Waals surface area contributed by atoms with Crippen LogP contribution in [0.5, 0.6) is 0 Å². The van der Waals surface area contributed by atoms with Crippen molar-refractivity contribution in [2.45, 2.75) is 39.2 Å². The van der Waals surface area contributed by atoms with E-state index < -0.39 is 6.10 Å². The predicted molar refractivity (Wildman–Crippen MR) is 73.8 cm³/mol. The molecule has 0 saturated heterocycles. The number of aliphatic hydroxyl groups excluding tert-OH is 1. The number of thiazole rings is 1. The summed E-state index contributed by atoms with van der Waals surface area (Å²) in [7, 11) is 0. The van der Waals surface area contributed by atoms with E-state index in [4.69, 9.17) is 0 Å². The normalized spacial score (nSPS) is 13.6. The summed E-state index contributed by atoms with van der Waals surface area (Å²) in [5.74, 6) is 0. The number of aryl methyl sites for hydroxylation is 1. The van der Waals surface area contributed by atoms with Gasteiger partial charge < -0.3 is 5.11 Å². The Kier molecular flexibility index (Phi) is 3.50. The SMILES string of the molecule is Cc1ccncc1C(O)c1csc(C(C)(C)C)n1. The maximum absolute atomic E-state index is 10.4. The Hall–Kier alpha value is -1.26. The molecular formula is C14H18N2OS. The van der Waals surface area contributed by atoms with Crippen LogP contribution in [0.2, 0.25) is 0 Å². The van der Waals surface area contributed by atoms with Gasteiger partial charge in [-0.2, -0.15) is 0 Å². The lowest BCUT2D eigenvalue weighted by molar-refractivity contribution is 0.214. The van der Waals surface area contributed by atoms with Crippen LogP contribution in [0.25, 0.3) is 0 Å². The van der Waals surface area contributed by atoms with E-state index in [2.05, 4.69) is 30.7 Å². The molecule has 3 nitrogen and oxygen atoms in total. The van der Waals surface area contributed by atoms with E-state index in [0.717, 1.165) is 16.1 Å². The highest BCUT2D eigenvalue weighted by Crippen LogP contribution is 2.30. The lowest BCUT2D eigenvalue weighted by Crippen LogP contribution is -2.11. The molecule has 18 heavy (non-hydrogen) atoms. The highest BCUT2D eigenvalue weighted by Gasteiger charge is 2.22. The van der Waals surface area contributed by atoms with Crippen LogP contribution >= 0.6 is 11.3 Å². The number of rotatable bonds is 2. The van der Waals surface area contributed by atoms with Gasteiger partial charge in [-0.15, -0.1) is 11.3 Å². The average Bonchev–Trinajstić information content (AvgIpc) is 2.77. The summed E-state index contributed by atoms with van der Waals surface area (Å²) in [5, 5.41) is 13.3. The fourth-order valence-electron chi connectivity index (χ4n) is 1.68. The van der Waals surface area contributed by atoms with Crippen LogP contribution in [0.4, 0.5) is 0 Å². The minimum absolute atomic E-state index is 0.0205. The summed E-state index contributed by atoms with van der Waals surface area (Å²) in [4.78, 5) is 8.60. The molecule has 0 fully saturated rings. The van der Waals surface area contributed by atoms with Crippen molar-refractivity contribution in [3.63, 3.8) is 0 Å². The highest BCUT2D eigenvalue weighted by molar-refractivity contribution is 7.09. The summed E-state index contributed by atoms with van der Waals surface area (Å²) in [5.41, 5.74) is 2.58. The monoisotopic (exact) mass is 262 g/mol. The molecule has 0 spiro atoms. The Morgan fingerprint density at radius 1 is 1.33 bits per heavy atom. The third-order valence-corrected chi connectivity index (χ3v) is 4.10. The first-order chi connectivity index (χ1) is 8.39. The third-order valence-electron chi connectivity index (χ3n) is 2.82. The molecule has 0 aliphatic rings. The van der Waals surface area contributed by atoms with Gasteiger partial charge in [-0.3, -0.25) is 4.98 Å². The summed E-state index contributed by atoms with van der Waals surface area (Å²) in [6, 6.07) is 1.90. The van der Waals surface area contributed by atoms with Crippen molar-refractivity contribution < 1.29 is 5.11 Å². The fraction of sp³-hybridized carbons (Fsp3) is 0.429. The van der Waals surface area contributed by atoms with Crippen molar-refractivity contribution in [3.05, 3.63) is 45.7 Å². The number of hydrogen-bond donors (Lipinski definition) is 1. The third kappa shape index (κ3) is 2.60. The molecule has 2 rings (SSSR count).